The van der Waals surface area contributed by atoms with E-state index in [-0.39, 0.29) is 0 Å². The highest BCUT2D eigenvalue weighted by molar-refractivity contribution is 5.51. The van der Waals surface area contributed by atoms with Crippen molar-refractivity contribution in [1.82, 2.24) is 0 Å². The molecule has 0 saturated heterocycles. The van der Waals surface area contributed by atoms with Gasteiger partial charge in [-0.25, -0.2) is 0 Å². The molecule has 0 radical (unpaired) electrons. The first kappa shape index (κ1) is 22.0. The van der Waals surface area contributed by atoms with Gasteiger partial charge in [-0.2, -0.15) is 0 Å². The molecule has 0 unspecified atom stereocenters. The minimum Gasteiger partial charge on any atom is -0.0985 e. The fourth-order valence-electron chi connectivity index (χ4n) is 2.90. The average Bonchev–Trinajstić information content (AvgIpc) is 2.71. The summed E-state index contributed by atoms with van der Waals surface area (Å²) in [5, 5.41) is 0. The summed E-state index contributed by atoms with van der Waals surface area (Å²) in [5.41, 5.74) is 5.38. The molecule has 0 amide bonds. The normalized spacial score (nSPS) is 9.92. The molecule has 0 saturated carbocycles. The first-order valence-corrected chi connectivity index (χ1v) is 10.2. The highest BCUT2D eigenvalue weighted by Crippen LogP contribution is 2.14. The maximum absolute atomic E-state index is 3.84. The molecular weight excluding hydrogens is 312 g/mol. The second kappa shape index (κ2) is 14.1. The Kier molecular flexibility index (Phi) is 11.9. The molecule has 0 aliphatic carbocycles. The van der Waals surface area contributed by atoms with E-state index in [1.807, 2.05) is 12.2 Å². The van der Waals surface area contributed by atoms with Gasteiger partial charge in [-0.1, -0.05) is 113 Å². The van der Waals surface area contributed by atoms with Crippen LogP contribution in [0, 0.1) is 0 Å². The van der Waals surface area contributed by atoms with Crippen molar-refractivity contribution >= 4 is 12.2 Å². The molecule has 2 rings (SSSR count). The molecular formula is C26H36. The van der Waals surface area contributed by atoms with Crippen LogP contribution in [0.15, 0.2) is 61.7 Å². The SMILES string of the molecule is C=Cc1ccc(CCCC)cc1.C=Cc1ccccc1CCCCCC. The van der Waals surface area contributed by atoms with Crippen LogP contribution in [0.25, 0.3) is 12.2 Å². The topological polar surface area (TPSA) is 0 Å². The summed E-state index contributed by atoms with van der Waals surface area (Å²) in [6.45, 7) is 12.0. The maximum Gasteiger partial charge on any atom is -0.0230 e. The molecule has 140 valence electrons. The number of unbranched alkanes of at least 4 members (excludes halogenated alkanes) is 4. The molecule has 0 aromatic heterocycles. The van der Waals surface area contributed by atoms with E-state index in [1.165, 1.54) is 73.6 Å². The van der Waals surface area contributed by atoms with Crippen molar-refractivity contribution < 1.29 is 0 Å². The van der Waals surface area contributed by atoms with Crippen LogP contribution in [0.4, 0.5) is 0 Å². The molecule has 0 atom stereocenters. The van der Waals surface area contributed by atoms with E-state index in [1.54, 1.807) is 0 Å². The highest BCUT2D eigenvalue weighted by atomic mass is 14.0. The van der Waals surface area contributed by atoms with Gasteiger partial charge in [-0.3, -0.25) is 0 Å². The Bertz CT molecular complexity index is 619. The summed E-state index contributed by atoms with van der Waals surface area (Å²) in [6, 6.07) is 17.2. The quantitative estimate of drug-likeness (QED) is 0.380. The molecule has 26 heavy (non-hydrogen) atoms. The van der Waals surface area contributed by atoms with E-state index in [0.717, 1.165) is 0 Å². The number of aryl methyl sites for hydroxylation is 2. The van der Waals surface area contributed by atoms with Crippen LogP contribution in [0.2, 0.25) is 0 Å². The van der Waals surface area contributed by atoms with Crippen molar-refractivity contribution in [1.29, 1.82) is 0 Å². The molecule has 0 bridgehead atoms. The van der Waals surface area contributed by atoms with Gasteiger partial charge in [0.1, 0.15) is 0 Å². The average molecular weight is 349 g/mol. The molecule has 2 aromatic rings. The van der Waals surface area contributed by atoms with Gasteiger partial charge >= 0.3 is 0 Å². The van der Waals surface area contributed by atoms with E-state index in [2.05, 4.69) is 75.5 Å². The second-order valence-corrected chi connectivity index (χ2v) is 6.76. The Balaban J connectivity index is 0.000000263. The van der Waals surface area contributed by atoms with Crippen molar-refractivity contribution in [3.05, 3.63) is 83.9 Å². The first-order valence-electron chi connectivity index (χ1n) is 10.2. The van der Waals surface area contributed by atoms with Gasteiger partial charge in [-0.05, 0) is 47.9 Å². The summed E-state index contributed by atoms with van der Waals surface area (Å²) in [6.07, 6.45) is 14.1. The largest absolute Gasteiger partial charge is 0.0985 e. The number of benzene rings is 2. The van der Waals surface area contributed by atoms with Crippen LogP contribution in [-0.2, 0) is 12.8 Å². The minimum atomic E-state index is 1.20. The lowest BCUT2D eigenvalue weighted by Gasteiger charge is -2.04. The van der Waals surface area contributed by atoms with Gasteiger partial charge in [-0.15, -0.1) is 0 Å². The predicted molar refractivity (Wildman–Crippen MR) is 120 cm³/mol. The zero-order chi connectivity index (χ0) is 19.0. The van der Waals surface area contributed by atoms with Crippen molar-refractivity contribution in [3.63, 3.8) is 0 Å². The fourth-order valence-corrected chi connectivity index (χ4v) is 2.90. The summed E-state index contributed by atoms with van der Waals surface area (Å²) >= 11 is 0. The molecule has 0 N–H and O–H groups in total. The van der Waals surface area contributed by atoms with Crippen molar-refractivity contribution in [2.75, 3.05) is 0 Å². The third kappa shape index (κ3) is 8.85. The van der Waals surface area contributed by atoms with Gasteiger partial charge < -0.3 is 0 Å². The van der Waals surface area contributed by atoms with Gasteiger partial charge in [0.15, 0.2) is 0 Å². The molecule has 0 heteroatoms. The van der Waals surface area contributed by atoms with Crippen molar-refractivity contribution in [2.45, 2.75) is 65.2 Å². The number of rotatable bonds is 10. The Labute approximate surface area is 161 Å². The summed E-state index contributed by atoms with van der Waals surface area (Å²) in [5.74, 6) is 0. The van der Waals surface area contributed by atoms with Crippen LogP contribution in [-0.4, -0.2) is 0 Å². The smallest absolute Gasteiger partial charge is 0.0230 e. The Hall–Kier alpha value is -2.08. The predicted octanol–water partition coefficient (Wildman–Crippen LogP) is 8.12. The molecule has 0 nitrogen and oxygen atoms in total. The van der Waals surface area contributed by atoms with Crippen LogP contribution in [0.1, 0.15) is 74.6 Å². The lowest BCUT2D eigenvalue weighted by molar-refractivity contribution is 0.666. The number of hydrogen-bond acceptors (Lipinski definition) is 0. The van der Waals surface area contributed by atoms with Crippen LogP contribution in [0.3, 0.4) is 0 Å². The van der Waals surface area contributed by atoms with Crippen LogP contribution in [0.5, 0.6) is 0 Å². The second-order valence-electron chi connectivity index (χ2n) is 6.76. The molecule has 2 aromatic carbocycles. The fraction of sp³-hybridized carbons (Fsp3) is 0.385. The zero-order valence-electron chi connectivity index (χ0n) is 16.8. The van der Waals surface area contributed by atoms with Gasteiger partial charge in [0, 0.05) is 0 Å². The zero-order valence-corrected chi connectivity index (χ0v) is 16.8. The number of hydrogen-bond donors (Lipinski definition) is 0. The van der Waals surface area contributed by atoms with E-state index in [0.29, 0.717) is 0 Å². The maximum atomic E-state index is 3.84. The third-order valence-electron chi connectivity index (χ3n) is 4.61. The van der Waals surface area contributed by atoms with Crippen molar-refractivity contribution in [2.24, 2.45) is 0 Å². The first-order chi connectivity index (χ1) is 12.7. The highest BCUT2D eigenvalue weighted by Gasteiger charge is 1.97. The summed E-state index contributed by atoms with van der Waals surface area (Å²) in [4.78, 5) is 0. The Morgan fingerprint density at radius 2 is 1.38 bits per heavy atom. The van der Waals surface area contributed by atoms with E-state index >= 15 is 0 Å². The lowest BCUT2D eigenvalue weighted by Crippen LogP contribution is -1.89. The van der Waals surface area contributed by atoms with Crippen LogP contribution >= 0.6 is 0 Å². The molecule has 0 aliphatic heterocycles. The Morgan fingerprint density at radius 3 is 2.00 bits per heavy atom. The minimum absolute atomic E-state index is 1.20. The monoisotopic (exact) mass is 348 g/mol. The summed E-state index contributed by atoms with van der Waals surface area (Å²) in [7, 11) is 0. The van der Waals surface area contributed by atoms with Gasteiger partial charge in [0.2, 0.25) is 0 Å². The van der Waals surface area contributed by atoms with E-state index in [9.17, 15) is 0 Å². The molecule has 0 heterocycles. The molecule has 0 fully saturated rings. The van der Waals surface area contributed by atoms with E-state index < -0.39 is 0 Å². The standard InChI is InChI=1S/C14H20.C12H16/c1-3-5-6-7-11-14-12-9-8-10-13(14)4-2;1-3-5-6-12-9-7-11(4-2)8-10-12/h4,8-10,12H,2-3,5-7,11H2,1H3;4,7-10H,2-3,5-6H2,1H3. The molecule has 0 spiro atoms. The van der Waals surface area contributed by atoms with Crippen molar-refractivity contribution in [3.8, 4) is 0 Å². The van der Waals surface area contributed by atoms with E-state index in [4.69, 9.17) is 0 Å². The Morgan fingerprint density at radius 1 is 0.692 bits per heavy atom. The van der Waals surface area contributed by atoms with Gasteiger partial charge in [0.25, 0.3) is 0 Å². The third-order valence-corrected chi connectivity index (χ3v) is 4.61. The summed E-state index contributed by atoms with van der Waals surface area (Å²) < 4.78 is 0. The van der Waals surface area contributed by atoms with Crippen LogP contribution < -0.4 is 0 Å². The van der Waals surface area contributed by atoms with Gasteiger partial charge in [0.05, 0.1) is 0 Å². The lowest BCUT2D eigenvalue weighted by atomic mass is 10.0. The molecule has 0 aliphatic rings.